The lowest BCUT2D eigenvalue weighted by Crippen LogP contribution is -2.65. The minimum absolute atomic E-state index is 0.0162. The van der Waals surface area contributed by atoms with Gasteiger partial charge in [0.05, 0.1) is 13.9 Å². The molecule has 1 saturated carbocycles. The number of carbonyl (C=O) groups excluding carboxylic acids is 1. The molecule has 1 spiro atoms. The number of likely N-dealkylation sites (tertiary alicyclic amines) is 1. The van der Waals surface area contributed by atoms with E-state index in [-0.39, 0.29) is 29.8 Å². The zero-order valence-electron chi connectivity index (χ0n) is 23.6. The lowest BCUT2D eigenvalue weighted by molar-refractivity contribution is -0.138. The number of benzene rings is 1. The van der Waals surface area contributed by atoms with Gasteiger partial charge in [-0.3, -0.25) is 4.79 Å². The van der Waals surface area contributed by atoms with Crippen molar-refractivity contribution < 1.29 is 30.7 Å². The van der Waals surface area contributed by atoms with Crippen LogP contribution in [0.3, 0.4) is 0 Å². The minimum atomic E-state index is -3.03. The van der Waals surface area contributed by atoms with Gasteiger partial charge in [0.1, 0.15) is 0 Å². The van der Waals surface area contributed by atoms with Gasteiger partial charge in [-0.15, -0.1) is 0 Å². The summed E-state index contributed by atoms with van der Waals surface area (Å²) in [7, 11) is -3.03. The Balaban J connectivity index is 1.89. The lowest BCUT2D eigenvalue weighted by Gasteiger charge is -2.57. The van der Waals surface area contributed by atoms with E-state index in [4.69, 9.17) is 23.2 Å². The van der Waals surface area contributed by atoms with E-state index in [1.165, 1.54) is 0 Å². The van der Waals surface area contributed by atoms with Crippen LogP contribution in [0.5, 0.6) is 11.5 Å². The first-order chi connectivity index (χ1) is 15.3. The van der Waals surface area contributed by atoms with E-state index < -0.39 is 80.3 Å². The number of methoxy groups -OCH3 is 1. The van der Waals surface area contributed by atoms with Gasteiger partial charge in [-0.1, -0.05) is 6.04 Å². The summed E-state index contributed by atoms with van der Waals surface area (Å²) in [6, 6.07) is -3.46. The SMILES string of the molecule is [2H]c1c([2H])c(OC([2H])([2H])[2H])c2c3c1C[C@@]1([2H])N(C([2H])([2H])[2H])CC[C@@]34C(O2)C(=O)C([2H])([2H])C[C@]41[2H]. The summed E-state index contributed by atoms with van der Waals surface area (Å²) in [5, 5.41) is 0. The van der Waals surface area contributed by atoms with Crippen molar-refractivity contribution in [3.8, 4) is 11.5 Å². The van der Waals surface area contributed by atoms with Crippen LogP contribution < -0.4 is 9.47 Å². The number of rotatable bonds is 1. The molecule has 0 amide bonds. The molecule has 1 unspecified atom stereocenters. The number of ketones is 1. The molecule has 2 aliphatic carbocycles. The van der Waals surface area contributed by atoms with Gasteiger partial charge in [-0.2, -0.15) is 0 Å². The van der Waals surface area contributed by atoms with E-state index in [2.05, 4.69) is 0 Å². The highest BCUT2D eigenvalue weighted by atomic mass is 16.5. The van der Waals surface area contributed by atoms with Crippen LogP contribution in [0.1, 0.15) is 46.8 Å². The molecule has 1 saturated heterocycles. The van der Waals surface area contributed by atoms with Crippen molar-refractivity contribution >= 4 is 5.78 Å². The molecule has 2 heterocycles. The Kier molecular flexibility index (Phi) is 1.07. The first-order valence-corrected chi connectivity index (χ1v) is 7.16. The number of nitrogens with zero attached hydrogens (tertiary/aromatic N) is 1. The molecule has 0 aromatic heterocycles. The molecule has 5 rings (SSSR count). The molecule has 22 heavy (non-hydrogen) atoms. The second kappa shape index (κ2) is 4.05. The summed E-state index contributed by atoms with van der Waals surface area (Å²) >= 11 is 0. The van der Waals surface area contributed by atoms with Gasteiger partial charge in [-0.25, -0.2) is 0 Å². The summed E-state index contributed by atoms with van der Waals surface area (Å²) < 4.78 is 109. The van der Waals surface area contributed by atoms with Crippen LogP contribution in [0.25, 0.3) is 0 Å². The van der Waals surface area contributed by atoms with Crippen molar-refractivity contribution in [3.63, 3.8) is 0 Å². The predicted octanol–water partition coefficient (Wildman–Crippen LogP) is 1.93. The Morgan fingerprint density at radius 1 is 1.64 bits per heavy atom. The van der Waals surface area contributed by atoms with Crippen LogP contribution in [0.15, 0.2) is 12.1 Å². The fourth-order valence-corrected chi connectivity index (χ4v) is 4.37. The Morgan fingerprint density at radius 3 is 3.45 bits per heavy atom. The largest absolute Gasteiger partial charge is 0.493 e. The van der Waals surface area contributed by atoms with E-state index >= 15 is 0 Å². The monoisotopic (exact) mass is 311 g/mol. The zero-order chi connectivity index (χ0) is 25.4. The lowest BCUT2D eigenvalue weighted by atomic mass is 9.52. The average Bonchev–Trinajstić information content (AvgIpc) is 2.99. The molecule has 1 aromatic carbocycles. The molecule has 2 bridgehead atoms. The molecule has 2 fully saturated rings. The first-order valence-electron chi connectivity index (χ1n) is 13.2. The number of ether oxygens (including phenoxy) is 2. The average molecular weight is 311 g/mol. The topological polar surface area (TPSA) is 38.8 Å². The van der Waals surface area contributed by atoms with Gasteiger partial charge in [0.2, 0.25) is 0 Å². The predicted molar refractivity (Wildman–Crippen MR) is 81.6 cm³/mol. The maximum Gasteiger partial charge on any atom is 0.174 e. The van der Waals surface area contributed by atoms with Crippen LogP contribution in [0.4, 0.5) is 0 Å². The number of Topliss-reactive ketones (excluding diaryl/α,β-unsaturated/α-hetero) is 1. The molecule has 0 N–H and O–H groups in total. The molecular weight excluding hydrogens is 278 g/mol. The normalized spacial score (nSPS) is 56.5. The van der Waals surface area contributed by atoms with Gasteiger partial charge in [-0.05, 0) is 50.3 Å². The maximum absolute atomic E-state index is 13.2. The molecule has 4 atom stereocenters. The van der Waals surface area contributed by atoms with Crippen LogP contribution >= 0.6 is 0 Å². The fourth-order valence-electron chi connectivity index (χ4n) is 4.37. The summed E-state index contributed by atoms with van der Waals surface area (Å²) in [4.78, 5) is 14.1. The first kappa shape index (κ1) is 5.82. The molecule has 4 aliphatic rings. The number of carbonyl (C=O) groups is 1. The van der Waals surface area contributed by atoms with E-state index in [1.807, 2.05) is 0 Å². The van der Waals surface area contributed by atoms with Gasteiger partial charge in [0.25, 0.3) is 0 Å². The van der Waals surface area contributed by atoms with Gasteiger partial charge in [0.15, 0.2) is 23.4 Å². The Bertz CT molecular complexity index is 1130. The van der Waals surface area contributed by atoms with Crippen molar-refractivity contribution in [3.05, 3.63) is 23.2 Å². The van der Waals surface area contributed by atoms with Crippen LogP contribution in [-0.4, -0.2) is 43.4 Å². The molecule has 116 valence electrons. The van der Waals surface area contributed by atoms with Crippen molar-refractivity contribution in [2.24, 2.45) is 5.89 Å². The Hall–Kier alpha value is -1.55. The minimum Gasteiger partial charge on any atom is -0.493 e. The summed E-state index contributed by atoms with van der Waals surface area (Å²) in [5.41, 5.74) is -1.61. The molecule has 4 heteroatoms. The quantitative estimate of drug-likeness (QED) is 0.794. The number of likely N-dealkylation sites (N-methyl/N-ethyl adjacent to an activating group) is 1. The van der Waals surface area contributed by atoms with Crippen LogP contribution in [-0.2, 0) is 16.6 Å². The number of hydrogen-bond donors (Lipinski definition) is 0. The summed E-state index contributed by atoms with van der Waals surface area (Å²) in [6.07, 6.45) is -5.76. The highest BCUT2D eigenvalue weighted by Gasteiger charge is 2.65. The third-order valence-corrected chi connectivity index (χ3v) is 5.26. The Labute approximate surface area is 147 Å². The van der Waals surface area contributed by atoms with Crippen molar-refractivity contribution in [1.29, 1.82) is 0 Å². The second-order valence-electron chi connectivity index (χ2n) is 6.05. The third-order valence-electron chi connectivity index (χ3n) is 5.26. The fraction of sp³-hybridized carbons (Fsp3) is 0.611. The third kappa shape index (κ3) is 1.27. The molecule has 2 aliphatic heterocycles. The molecule has 1 aromatic rings. The van der Waals surface area contributed by atoms with Crippen molar-refractivity contribution in [2.45, 2.75) is 43.2 Å². The maximum atomic E-state index is 13.2. The zero-order valence-corrected chi connectivity index (χ0v) is 11.6. The number of hydrogen-bond acceptors (Lipinski definition) is 4. The van der Waals surface area contributed by atoms with Crippen molar-refractivity contribution in [2.75, 3.05) is 20.6 Å². The smallest absolute Gasteiger partial charge is 0.174 e. The van der Waals surface area contributed by atoms with Crippen molar-refractivity contribution in [1.82, 2.24) is 4.90 Å². The van der Waals surface area contributed by atoms with E-state index in [0.717, 1.165) is 4.90 Å². The van der Waals surface area contributed by atoms with Crippen LogP contribution in [0, 0.1) is 5.89 Å². The highest BCUT2D eigenvalue weighted by molar-refractivity contribution is 5.89. The van der Waals surface area contributed by atoms with Gasteiger partial charge >= 0.3 is 0 Å². The van der Waals surface area contributed by atoms with E-state index in [9.17, 15) is 7.54 Å². The van der Waals surface area contributed by atoms with Gasteiger partial charge < -0.3 is 14.4 Å². The second-order valence-corrected chi connectivity index (χ2v) is 6.05. The molecule has 0 radical (unpaired) electrons. The summed E-state index contributed by atoms with van der Waals surface area (Å²) in [6.45, 7) is -3.06. The Morgan fingerprint density at radius 2 is 2.59 bits per heavy atom. The van der Waals surface area contributed by atoms with E-state index in [1.54, 1.807) is 0 Å². The van der Waals surface area contributed by atoms with Crippen LogP contribution in [0.2, 0.25) is 0 Å². The standard InChI is InChI=1S/C18H21NO3/c1-19-8-7-18-11-4-5-13(20)17(18)22-16-14(21-2)6-3-10(15(16)18)9-12(11)19/h3,6,11-12,17H,4-5,7-9H2,1-2H3/t11-,12+,17?,18-/m0/s1/i1D3,2D3,3D,5D2,6D,11D,12D. The van der Waals surface area contributed by atoms with E-state index in [0.29, 0.717) is 0 Å². The highest BCUT2D eigenvalue weighted by Crippen LogP contribution is 2.62. The molecular formula is C18H21NO3. The number of piperidine rings is 1. The summed E-state index contributed by atoms with van der Waals surface area (Å²) in [5.74, 6) is -4.15. The molecule has 4 nitrogen and oxygen atoms in total. The van der Waals surface area contributed by atoms with Gasteiger partial charge in [0, 0.05) is 33.0 Å².